The molecule has 0 spiro atoms. The third-order valence-electron chi connectivity index (χ3n) is 2.16. The van der Waals surface area contributed by atoms with Crippen LogP contribution in [0.1, 0.15) is 12.5 Å². The van der Waals surface area contributed by atoms with Gasteiger partial charge in [-0.1, -0.05) is 15.9 Å². The highest BCUT2D eigenvalue weighted by Gasteiger charge is 2.12. The van der Waals surface area contributed by atoms with Crippen LogP contribution in [-0.4, -0.2) is 19.1 Å². The number of esters is 1. The summed E-state index contributed by atoms with van der Waals surface area (Å²) in [5, 5.41) is 2.88. The first-order valence-electron chi connectivity index (χ1n) is 4.79. The predicted octanol–water partition coefficient (Wildman–Crippen LogP) is 2.24. The number of hydrogen-bond acceptors (Lipinski definition) is 3. The molecule has 3 nitrogen and oxygen atoms in total. The third-order valence-corrected chi connectivity index (χ3v) is 2.65. The van der Waals surface area contributed by atoms with E-state index in [1.54, 1.807) is 19.1 Å². The molecule has 1 atom stereocenters. The topological polar surface area (TPSA) is 38.3 Å². The zero-order valence-electron chi connectivity index (χ0n) is 9.09. The smallest absolute Gasteiger partial charge is 0.322 e. The Morgan fingerprint density at radius 1 is 1.62 bits per heavy atom. The molecule has 0 saturated carbocycles. The number of rotatable bonds is 4. The normalized spacial score (nSPS) is 12.2. The van der Waals surface area contributed by atoms with Crippen LogP contribution in [0.4, 0.5) is 4.39 Å². The molecule has 0 bridgehead atoms. The lowest BCUT2D eigenvalue weighted by Gasteiger charge is -2.11. The van der Waals surface area contributed by atoms with Crippen LogP contribution >= 0.6 is 15.9 Å². The van der Waals surface area contributed by atoms with Crippen molar-refractivity contribution in [3.63, 3.8) is 0 Å². The van der Waals surface area contributed by atoms with Crippen molar-refractivity contribution < 1.29 is 13.9 Å². The van der Waals surface area contributed by atoms with Crippen molar-refractivity contribution in [3.8, 4) is 0 Å². The number of carbonyl (C=O) groups excluding carboxylic acids is 1. The zero-order valence-corrected chi connectivity index (χ0v) is 10.7. The molecule has 5 heteroatoms. The van der Waals surface area contributed by atoms with Crippen LogP contribution in [0.15, 0.2) is 22.7 Å². The first-order valence-corrected chi connectivity index (χ1v) is 5.59. The van der Waals surface area contributed by atoms with Crippen LogP contribution in [-0.2, 0) is 16.1 Å². The first-order chi connectivity index (χ1) is 7.54. The molecule has 0 heterocycles. The van der Waals surface area contributed by atoms with Crippen molar-refractivity contribution in [1.82, 2.24) is 5.32 Å². The Labute approximate surface area is 102 Å². The van der Waals surface area contributed by atoms with Gasteiger partial charge in [0.05, 0.1) is 7.11 Å². The molecule has 0 aliphatic carbocycles. The number of hydrogen-bond donors (Lipinski definition) is 1. The first kappa shape index (κ1) is 13.1. The van der Waals surface area contributed by atoms with Crippen molar-refractivity contribution in [2.75, 3.05) is 7.11 Å². The maximum Gasteiger partial charge on any atom is 0.322 e. The molecule has 0 aliphatic heterocycles. The number of benzene rings is 1. The average molecular weight is 290 g/mol. The lowest BCUT2D eigenvalue weighted by atomic mass is 10.2. The molecule has 0 fully saturated rings. The molecular formula is C11H13BrFNO2. The number of carbonyl (C=O) groups is 1. The van der Waals surface area contributed by atoms with E-state index in [1.165, 1.54) is 13.2 Å². The fourth-order valence-corrected chi connectivity index (χ4v) is 1.61. The minimum atomic E-state index is -0.455. The second-order valence-electron chi connectivity index (χ2n) is 3.36. The highest BCUT2D eigenvalue weighted by atomic mass is 79.9. The van der Waals surface area contributed by atoms with Gasteiger partial charge in [-0.2, -0.15) is 0 Å². The van der Waals surface area contributed by atoms with Gasteiger partial charge in [0.2, 0.25) is 0 Å². The Morgan fingerprint density at radius 3 is 2.94 bits per heavy atom. The molecule has 0 aliphatic rings. The van der Waals surface area contributed by atoms with E-state index < -0.39 is 6.04 Å². The Hall–Kier alpha value is -0.940. The second-order valence-corrected chi connectivity index (χ2v) is 4.28. The van der Waals surface area contributed by atoms with E-state index in [0.717, 1.165) is 4.47 Å². The molecule has 0 amide bonds. The van der Waals surface area contributed by atoms with E-state index in [4.69, 9.17) is 0 Å². The molecule has 0 radical (unpaired) electrons. The van der Waals surface area contributed by atoms with E-state index in [9.17, 15) is 9.18 Å². The van der Waals surface area contributed by atoms with Crippen molar-refractivity contribution >= 4 is 21.9 Å². The summed E-state index contributed by atoms with van der Waals surface area (Å²) in [5.74, 6) is -0.664. The summed E-state index contributed by atoms with van der Waals surface area (Å²) in [6.45, 7) is 1.95. The monoisotopic (exact) mass is 289 g/mol. The van der Waals surface area contributed by atoms with Crippen molar-refractivity contribution in [3.05, 3.63) is 34.1 Å². The predicted molar refractivity (Wildman–Crippen MR) is 62.4 cm³/mol. The van der Waals surface area contributed by atoms with Gasteiger partial charge in [-0.05, 0) is 25.1 Å². The summed E-state index contributed by atoms with van der Waals surface area (Å²) in [4.78, 5) is 11.1. The minimum Gasteiger partial charge on any atom is -0.468 e. The Balaban J connectivity index is 2.60. The molecule has 0 aromatic heterocycles. The minimum absolute atomic E-state index is 0.279. The van der Waals surface area contributed by atoms with Crippen LogP contribution in [0.5, 0.6) is 0 Å². The lowest BCUT2D eigenvalue weighted by Crippen LogP contribution is -2.34. The Morgan fingerprint density at radius 2 is 2.31 bits per heavy atom. The molecule has 1 N–H and O–H groups in total. The maximum atomic E-state index is 13.3. The summed E-state index contributed by atoms with van der Waals surface area (Å²) in [6, 6.07) is 4.22. The summed E-state index contributed by atoms with van der Waals surface area (Å²) < 4.78 is 18.7. The summed E-state index contributed by atoms with van der Waals surface area (Å²) in [5.41, 5.74) is 0.505. The summed E-state index contributed by atoms with van der Waals surface area (Å²) in [6.07, 6.45) is 0. The van der Waals surface area contributed by atoms with E-state index in [1.807, 2.05) is 0 Å². The third kappa shape index (κ3) is 3.57. The quantitative estimate of drug-likeness (QED) is 0.864. The van der Waals surface area contributed by atoms with E-state index in [-0.39, 0.29) is 18.3 Å². The van der Waals surface area contributed by atoms with Gasteiger partial charge in [0.25, 0.3) is 0 Å². The zero-order chi connectivity index (χ0) is 12.1. The van der Waals surface area contributed by atoms with Crippen molar-refractivity contribution in [1.29, 1.82) is 0 Å². The highest BCUT2D eigenvalue weighted by Crippen LogP contribution is 2.15. The Kier molecular flexibility index (Phi) is 4.89. The molecule has 1 aromatic carbocycles. The molecule has 16 heavy (non-hydrogen) atoms. The fourth-order valence-electron chi connectivity index (χ4n) is 1.20. The van der Waals surface area contributed by atoms with Gasteiger partial charge in [0.1, 0.15) is 11.9 Å². The second kappa shape index (κ2) is 5.96. The lowest BCUT2D eigenvalue weighted by molar-refractivity contribution is -0.142. The molecule has 1 rings (SSSR count). The molecule has 0 saturated heterocycles. The summed E-state index contributed by atoms with van der Waals surface area (Å²) >= 11 is 3.26. The van der Waals surface area contributed by atoms with E-state index >= 15 is 0 Å². The van der Waals surface area contributed by atoms with Crippen molar-refractivity contribution in [2.45, 2.75) is 19.5 Å². The van der Waals surface area contributed by atoms with Crippen LogP contribution in [0, 0.1) is 5.82 Å². The molecule has 1 aromatic rings. The van der Waals surface area contributed by atoms with Crippen LogP contribution in [0.25, 0.3) is 0 Å². The Bertz CT molecular complexity index is 384. The van der Waals surface area contributed by atoms with Gasteiger partial charge in [0, 0.05) is 16.6 Å². The number of methoxy groups -OCH3 is 1. The van der Waals surface area contributed by atoms with Gasteiger partial charge in [-0.25, -0.2) is 4.39 Å². The molecule has 1 unspecified atom stereocenters. The maximum absolute atomic E-state index is 13.3. The van der Waals surface area contributed by atoms with Gasteiger partial charge < -0.3 is 10.1 Å². The number of ether oxygens (including phenoxy) is 1. The standard InChI is InChI=1S/C11H13BrFNO2/c1-7(11(15)16-2)14-6-8-5-9(12)3-4-10(8)13/h3-5,7,14H,6H2,1-2H3. The fraction of sp³-hybridized carbons (Fsp3) is 0.364. The summed E-state index contributed by atoms with van der Waals surface area (Å²) in [7, 11) is 1.32. The largest absolute Gasteiger partial charge is 0.468 e. The van der Waals surface area contributed by atoms with Gasteiger partial charge in [-0.15, -0.1) is 0 Å². The number of halogens is 2. The van der Waals surface area contributed by atoms with Gasteiger partial charge in [-0.3, -0.25) is 4.79 Å². The number of nitrogens with one attached hydrogen (secondary N) is 1. The molecular weight excluding hydrogens is 277 g/mol. The van der Waals surface area contributed by atoms with Crippen molar-refractivity contribution in [2.24, 2.45) is 0 Å². The SMILES string of the molecule is COC(=O)C(C)NCc1cc(Br)ccc1F. The van der Waals surface area contributed by atoms with Gasteiger partial charge in [0.15, 0.2) is 0 Å². The average Bonchev–Trinajstić information content (AvgIpc) is 2.28. The van der Waals surface area contributed by atoms with Crippen LogP contribution in [0.3, 0.4) is 0 Å². The highest BCUT2D eigenvalue weighted by molar-refractivity contribution is 9.10. The van der Waals surface area contributed by atoms with Gasteiger partial charge >= 0.3 is 5.97 Å². The van der Waals surface area contributed by atoms with E-state index in [0.29, 0.717) is 5.56 Å². The molecule has 88 valence electrons. The van der Waals surface area contributed by atoms with Crippen LogP contribution in [0.2, 0.25) is 0 Å². The van der Waals surface area contributed by atoms with E-state index in [2.05, 4.69) is 26.0 Å². The van der Waals surface area contributed by atoms with Crippen LogP contribution < -0.4 is 5.32 Å².